The van der Waals surface area contributed by atoms with Gasteiger partial charge in [0.2, 0.25) is 0 Å². The molecule has 0 bridgehead atoms. The molecular weight excluding hydrogens is 400 g/mol. The van der Waals surface area contributed by atoms with Gasteiger partial charge in [-0.05, 0) is 85.1 Å². The third-order valence-corrected chi connectivity index (χ3v) is 7.49. The van der Waals surface area contributed by atoms with E-state index in [1.54, 1.807) is 0 Å². The lowest BCUT2D eigenvalue weighted by molar-refractivity contribution is 0.256. The first-order chi connectivity index (χ1) is 16.2. The zero-order valence-electron chi connectivity index (χ0n) is 21.4. The first kappa shape index (κ1) is 25.6. The van der Waals surface area contributed by atoms with Crippen LogP contribution in [0.15, 0.2) is 60.7 Å². The van der Waals surface area contributed by atoms with Crippen LogP contribution in [0.1, 0.15) is 90.5 Å². The summed E-state index contributed by atoms with van der Waals surface area (Å²) in [5.41, 5.74) is 3.96. The van der Waals surface area contributed by atoms with Crippen LogP contribution in [0.25, 0.3) is 11.1 Å². The zero-order chi connectivity index (χ0) is 23.3. The van der Waals surface area contributed by atoms with Crippen LogP contribution in [0.5, 0.6) is 5.75 Å². The van der Waals surface area contributed by atoms with Gasteiger partial charge in [0, 0.05) is 0 Å². The normalized spacial score (nSPS) is 19.6. The number of ether oxygens (including phenoxy) is 1. The van der Waals surface area contributed by atoms with E-state index in [0.717, 1.165) is 43.5 Å². The molecule has 1 atom stereocenters. The number of aryl methyl sites for hydroxylation is 1. The summed E-state index contributed by atoms with van der Waals surface area (Å²) in [5.74, 6) is 3.40. The summed E-state index contributed by atoms with van der Waals surface area (Å²) in [6.45, 7) is 7.53. The van der Waals surface area contributed by atoms with Gasteiger partial charge < -0.3 is 4.74 Å². The molecule has 1 saturated carbocycles. The van der Waals surface area contributed by atoms with Crippen molar-refractivity contribution in [1.29, 1.82) is 0 Å². The van der Waals surface area contributed by atoms with Crippen LogP contribution in [-0.4, -0.2) is 6.61 Å². The lowest BCUT2D eigenvalue weighted by atomic mass is 9.79. The molecule has 0 radical (unpaired) electrons. The Hall–Kier alpha value is -2.02. The molecule has 0 amide bonds. The van der Waals surface area contributed by atoms with Gasteiger partial charge in [-0.25, -0.2) is 0 Å². The average Bonchev–Trinajstić information content (AvgIpc) is 2.87. The summed E-state index contributed by atoms with van der Waals surface area (Å²) in [6, 6.07) is 17.6. The maximum Gasteiger partial charge on any atom is 0.119 e. The molecule has 0 N–H and O–H groups in total. The standard InChI is InChI=1S/C32H46O/c1-4-6-7-10-27-13-15-28(16-14-27)11-8-9-12-29-17-19-30(20-18-29)31-21-23-32(24-22-31)33-25-26(3)5-2/h8,11,17-24,26-28H,4-7,9-10,12-16,25H2,1-3H3/b11-8+/t26-,27?,28?/m0/s1. The molecule has 0 saturated heterocycles. The summed E-state index contributed by atoms with van der Waals surface area (Å²) in [6.07, 6.45) is 19.8. The van der Waals surface area contributed by atoms with Crippen LogP contribution < -0.4 is 4.74 Å². The Bertz CT molecular complexity index is 793. The number of unbranched alkanes of at least 4 members (excludes halogenated alkanes) is 2. The van der Waals surface area contributed by atoms with E-state index in [9.17, 15) is 0 Å². The Kier molecular flexibility index (Phi) is 11.1. The Morgan fingerprint density at radius 1 is 0.879 bits per heavy atom. The molecule has 1 fully saturated rings. The monoisotopic (exact) mass is 446 g/mol. The quantitative estimate of drug-likeness (QED) is 0.220. The number of hydrogen-bond donors (Lipinski definition) is 0. The molecule has 1 heteroatoms. The van der Waals surface area contributed by atoms with Crippen molar-refractivity contribution in [2.24, 2.45) is 17.8 Å². The highest BCUT2D eigenvalue weighted by Gasteiger charge is 2.18. The van der Waals surface area contributed by atoms with Crippen LogP contribution in [0.4, 0.5) is 0 Å². The first-order valence-electron chi connectivity index (χ1n) is 13.7. The Labute approximate surface area is 203 Å². The molecule has 0 aromatic heterocycles. The van der Waals surface area contributed by atoms with E-state index in [2.05, 4.69) is 81.5 Å². The van der Waals surface area contributed by atoms with Gasteiger partial charge in [0.25, 0.3) is 0 Å². The fraction of sp³-hybridized carbons (Fsp3) is 0.562. The molecule has 0 spiro atoms. The highest BCUT2D eigenvalue weighted by Crippen LogP contribution is 2.32. The molecule has 3 rings (SSSR count). The largest absolute Gasteiger partial charge is 0.493 e. The second kappa shape index (κ2) is 14.3. The van der Waals surface area contributed by atoms with E-state index >= 15 is 0 Å². The highest BCUT2D eigenvalue weighted by molar-refractivity contribution is 5.64. The van der Waals surface area contributed by atoms with E-state index < -0.39 is 0 Å². The van der Waals surface area contributed by atoms with E-state index in [1.807, 2.05) is 0 Å². The second-order valence-electron chi connectivity index (χ2n) is 10.3. The van der Waals surface area contributed by atoms with Gasteiger partial charge in [-0.1, -0.05) is 101 Å². The van der Waals surface area contributed by atoms with Gasteiger partial charge in [-0.2, -0.15) is 0 Å². The van der Waals surface area contributed by atoms with Crippen LogP contribution in [0, 0.1) is 17.8 Å². The van der Waals surface area contributed by atoms with Crippen LogP contribution >= 0.6 is 0 Å². The molecule has 1 aliphatic carbocycles. The minimum absolute atomic E-state index is 0.599. The van der Waals surface area contributed by atoms with Gasteiger partial charge >= 0.3 is 0 Å². The maximum atomic E-state index is 5.89. The molecule has 0 aliphatic heterocycles. The third kappa shape index (κ3) is 9.03. The van der Waals surface area contributed by atoms with Gasteiger partial charge in [0.05, 0.1) is 6.61 Å². The average molecular weight is 447 g/mol. The van der Waals surface area contributed by atoms with Crippen molar-refractivity contribution in [1.82, 2.24) is 0 Å². The van der Waals surface area contributed by atoms with E-state index in [1.165, 1.54) is 68.1 Å². The summed E-state index contributed by atoms with van der Waals surface area (Å²) in [5, 5.41) is 0. The molecule has 2 aromatic carbocycles. The molecular formula is C32H46O. The lowest BCUT2D eigenvalue weighted by Crippen LogP contribution is -2.13. The minimum atomic E-state index is 0.599. The topological polar surface area (TPSA) is 9.23 Å². The van der Waals surface area contributed by atoms with Gasteiger partial charge in [-0.3, -0.25) is 0 Å². The Balaban J connectivity index is 1.38. The number of hydrogen-bond acceptors (Lipinski definition) is 1. The predicted octanol–water partition coefficient (Wildman–Crippen LogP) is 9.65. The van der Waals surface area contributed by atoms with Crippen molar-refractivity contribution in [2.45, 2.75) is 91.4 Å². The van der Waals surface area contributed by atoms with Crippen molar-refractivity contribution in [3.8, 4) is 16.9 Å². The Morgan fingerprint density at radius 3 is 2.18 bits per heavy atom. The molecule has 0 unspecified atom stereocenters. The molecule has 1 aliphatic rings. The molecule has 1 nitrogen and oxygen atoms in total. The maximum absolute atomic E-state index is 5.89. The molecule has 2 aromatic rings. The summed E-state index contributed by atoms with van der Waals surface area (Å²) in [4.78, 5) is 0. The molecule has 33 heavy (non-hydrogen) atoms. The van der Waals surface area contributed by atoms with E-state index in [-0.39, 0.29) is 0 Å². The van der Waals surface area contributed by atoms with E-state index in [4.69, 9.17) is 4.74 Å². The van der Waals surface area contributed by atoms with Crippen LogP contribution in [-0.2, 0) is 6.42 Å². The number of allylic oxidation sites excluding steroid dienone is 2. The van der Waals surface area contributed by atoms with Gasteiger partial charge in [-0.15, -0.1) is 0 Å². The van der Waals surface area contributed by atoms with Gasteiger partial charge in [0.15, 0.2) is 0 Å². The summed E-state index contributed by atoms with van der Waals surface area (Å²) < 4.78 is 5.89. The van der Waals surface area contributed by atoms with Crippen molar-refractivity contribution in [3.63, 3.8) is 0 Å². The van der Waals surface area contributed by atoms with Gasteiger partial charge in [0.1, 0.15) is 5.75 Å². The molecule has 0 heterocycles. The Morgan fingerprint density at radius 2 is 1.55 bits per heavy atom. The van der Waals surface area contributed by atoms with Crippen molar-refractivity contribution in [2.75, 3.05) is 6.61 Å². The molecule has 180 valence electrons. The van der Waals surface area contributed by atoms with Crippen LogP contribution in [0.3, 0.4) is 0 Å². The fourth-order valence-electron chi connectivity index (χ4n) is 4.85. The zero-order valence-corrected chi connectivity index (χ0v) is 21.4. The lowest BCUT2D eigenvalue weighted by Gasteiger charge is -2.26. The minimum Gasteiger partial charge on any atom is -0.493 e. The highest BCUT2D eigenvalue weighted by atomic mass is 16.5. The fourth-order valence-corrected chi connectivity index (χ4v) is 4.85. The SMILES string of the molecule is CCCCCC1CCC(/C=C/CCc2ccc(-c3ccc(OC[C@@H](C)CC)cc3)cc2)CC1. The summed E-state index contributed by atoms with van der Waals surface area (Å²) in [7, 11) is 0. The smallest absolute Gasteiger partial charge is 0.119 e. The van der Waals surface area contributed by atoms with E-state index in [0.29, 0.717) is 5.92 Å². The third-order valence-electron chi connectivity index (χ3n) is 7.49. The summed E-state index contributed by atoms with van der Waals surface area (Å²) >= 11 is 0. The number of rotatable bonds is 13. The predicted molar refractivity (Wildman–Crippen MR) is 144 cm³/mol. The van der Waals surface area contributed by atoms with Crippen molar-refractivity contribution >= 4 is 0 Å². The van der Waals surface area contributed by atoms with Crippen LogP contribution in [0.2, 0.25) is 0 Å². The van der Waals surface area contributed by atoms with Crippen molar-refractivity contribution in [3.05, 3.63) is 66.2 Å². The first-order valence-corrected chi connectivity index (χ1v) is 13.7. The second-order valence-corrected chi connectivity index (χ2v) is 10.3. The number of benzene rings is 2. The van der Waals surface area contributed by atoms with Crippen molar-refractivity contribution < 1.29 is 4.74 Å².